The van der Waals surface area contributed by atoms with Crippen molar-refractivity contribution in [3.8, 4) is 11.5 Å². The van der Waals surface area contributed by atoms with Gasteiger partial charge in [0.15, 0.2) is 0 Å². The number of amides is 1. The van der Waals surface area contributed by atoms with Crippen LogP contribution in [0.1, 0.15) is 22.7 Å². The Kier molecular flexibility index (Phi) is 6.08. The lowest BCUT2D eigenvalue weighted by molar-refractivity contribution is -0.140. The molecule has 8 heteroatoms. The molecule has 0 spiro atoms. The van der Waals surface area contributed by atoms with Gasteiger partial charge in [-0.05, 0) is 42.0 Å². The van der Waals surface area contributed by atoms with E-state index < -0.39 is 29.3 Å². The van der Waals surface area contributed by atoms with Crippen LogP contribution in [0.2, 0.25) is 0 Å². The zero-order chi connectivity index (χ0) is 23.5. The van der Waals surface area contributed by atoms with Gasteiger partial charge in [0.2, 0.25) is 0 Å². The number of ether oxygens (including phenoxy) is 2. The first-order valence-corrected chi connectivity index (χ1v) is 10.1. The first-order valence-electron chi connectivity index (χ1n) is 10.1. The number of rotatable bonds is 6. The van der Waals surface area contributed by atoms with Gasteiger partial charge < -0.3 is 19.5 Å². The summed E-state index contributed by atoms with van der Waals surface area (Å²) < 4.78 is 24.6. The lowest BCUT2D eigenvalue weighted by atomic mass is 9.95. The zero-order valence-electron chi connectivity index (χ0n) is 18.0. The molecule has 1 saturated heterocycles. The number of carbonyl (C=O) groups is 2. The number of ketones is 1. The van der Waals surface area contributed by atoms with Crippen LogP contribution in [0, 0.1) is 5.82 Å². The maximum Gasteiger partial charge on any atom is 0.295 e. The second kappa shape index (κ2) is 9.12. The number of methoxy groups -OCH3 is 2. The van der Waals surface area contributed by atoms with Crippen molar-refractivity contribution in [1.82, 2.24) is 9.88 Å². The van der Waals surface area contributed by atoms with E-state index in [-0.39, 0.29) is 23.4 Å². The molecule has 0 radical (unpaired) electrons. The molecule has 1 fully saturated rings. The van der Waals surface area contributed by atoms with Gasteiger partial charge in [-0.3, -0.25) is 14.6 Å². The largest absolute Gasteiger partial charge is 0.507 e. The second-order valence-corrected chi connectivity index (χ2v) is 7.36. The number of para-hydroxylation sites is 1. The van der Waals surface area contributed by atoms with Crippen LogP contribution >= 0.6 is 0 Å². The number of aliphatic hydroxyl groups is 1. The molecule has 7 nitrogen and oxygen atoms in total. The van der Waals surface area contributed by atoms with Crippen molar-refractivity contribution >= 4 is 17.4 Å². The minimum atomic E-state index is -0.925. The molecule has 33 heavy (non-hydrogen) atoms. The molecule has 0 aliphatic carbocycles. The van der Waals surface area contributed by atoms with Gasteiger partial charge in [-0.15, -0.1) is 0 Å². The summed E-state index contributed by atoms with van der Waals surface area (Å²) in [5, 5.41) is 11.2. The van der Waals surface area contributed by atoms with Gasteiger partial charge in [0.1, 0.15) is 23.1 Å². The highest BCUT2D eigenvalue weighted by atomic mass is 19.1. The predicted octanol–water partition coefficient (Wildman–Crippen LogP) is 3.86. The average molecular weight is 448 g/mol. The number of hydrogen-bond acceptors (Lipinski definition) is 6. The SMILES string of the molecule is COc1ccccc1CN1C(=O)C(=O)/C(=C(/O)c2cc(F)ccc2OC)C1c1ccncc1. The van der Waals surface area contributed by atoms with Crippen LogP contribution in [0.15, 0.2) is 72.6 Å². The minimum absolute atomic E-state index is 0.0214. The molecule has 3 aromatic rings. The lowest BCUT2D eigenvalue weighted by Gasteiger charge is -2.26. The molecule has 1 aromatic heterocycles. The van der Waals surface area contributed by atoms with Crippen LogP contribution in [0.5, 0.6) is 11.5 Å². The van der Waals surface area contributed by atoms with E-state index in [0.717, 1.165) is 6.07 Å². The smallest absolute Gasteiger partial charge is 0.295 e. The molecule has 4 rings (SSSR count). The standard InChI is InChI=1S/C25H21FN2O5/c1-32-19-6-4-3-5-16(19)14-28-22(15-9-11-27-12-10-15)21(24(30)25(28)31)23(29)18-13-17(26)7-8-20(18)33-2/h3-13,22,29H,14H2,1-2H3/b23-21+. The lowest BCUT2D eigenvalue weighted by Crippen LogP contribution is -2.29. The molecule has 2 heterocycles. The Bertz CT molecular complexity index is 1240. The number of aliphatic hydroxyl groups excluding tert-OH is 1. The van der Waals surface area contributed by atoms with Crippen molar-refractivity contribution in [3.63, 3.8) is 0 Å². The summed E-state index contributed by atoms with van der Waals surface area (Å²) in [5.74, 6) is -2.09. The molecule has 0 saturated carbocycles. The predicted molar refractivity (Wildman–Crippen MR) is 118 cm³/mol. The van der Waals surface area contributed by atoms with Gasteiger partial charge in [-0.25, -0.2) is 4.39 Å². The molecule has 1 unspecified atom stereocenters. The zero-order valence-corrected chi connectivity index (χ0v) is 18.0. The molecular weight excluding hydrogens is 427 g/mol. The van der Waals surface area contributed by atoms with E-state index in [0.29, 0.717) is 16.9 Å². The molecule has 0 bridgehead atoms. The maximum atomic E-state index is 14.0. The maximum absolute atomic E-state index is 14.0. The van der Waals surface area contributed by atoms with Crippen LogP contribution in [0.3, 0.4) is 0 Å². The first-order chi connectivity index (χ1) is 16.0. The van der Waals surface area contributed by atoms with Gasteiger partial charge in [-0.1, -0.05) is 18.2 Å². The Morgan fingerprint density at radius 2 is 1.73 bits per heavy atom. The Morgan fingerprint density at radius 3 is 2.42 bits per heavy atom. The summed E-state index contributed by atoms with van der Waals surface area (Å²) >= 11 is 0. The van der Waals surface area contributed by atoms with Crippen LogP contribution in [-0.2, 0) is 16.1 Å². The number of nitrogens with zero attached hydrogens (tertiary/aromatic N) is 2. The van der Waals surface area contributed by atoms with E-state index in [1.165, 1.54) is 43.6 Å². The van der Waals surface area contributed by atoms with E-state index in [2.05, 4.69) is 4.98 Å². The van der Waals surface area contributed by atoms with E-state index in [4.69, 9.17) is 9.47 Å². The van der Waals surface area contributed by atoms with Crippen molar-refractivity contribution in [2.75, 3.05) is 14.2 Å². The molecule has 1 N–H and O–H groups in total. The highest BCUT2D eigenvalue weighted by molar-refractivity contribution is 6.46. The third-order valence-corrected chi connectivity index (χ3v) is 5.51. The topological polar surface area (TPSA) is 89.0 Å². The summed E-state index contributed by atoms with van der Waals surface area (Å²) in [5.41, 5.74) is 1.07. The summed E-state index contributed by atoms with van der Waals surface area (Å²) in [4.78, 5) is 31.6. The molecular formula is C25H21FN2O5. The third kappa shape index (κ3) is 4.03. The van der Waals surface area contributed by atoms with Crippen molar-refractivity contribution in [3.05, 3.63) is 95.1 Å². The quantitative estimate of drug-likeness (QED) is 0.350. The Labute approximate surface area is 189 Å². The summed E-state index contributed by atoms with van der Waals surface area (Å²) in [6.07, 6.45) is 3.06. The minimum Gasteiger partial charge on any atom is -0.507 e. The van der Waals surface area contributed by atoms with Gasteiger partial charge in [-0.2, -0.15) is 0 Å². The van der Waals surface area contributed by atoms with Crippen molar-refractivity contribution < 1.29 is 28.6 Å². The van der Waals surface area contributed by atoms with Crippen LogP contribution in [0.25, 0.3) is 5.76 Å². The number of pyridine rings is 1. The Hall–Kier alpha value is -4.20. The number of carbonyl (C=O) groups excluding carboxylic acids is 2. The molecule has 168 valence electrons. The molecule has 1 aliphatic heterocycles. The van der Waals surface area contributed by atoms with E-state index in [9.17, 15) is 19.1 Å². The summed E-state index contributed by atoms with van der Waals surface area (Å²) in [6.45, 7) is 0.0542. The number of likely N-dealkylation sites (tertiary alicyclic amines) is 1. The Balaban J connectivity index is 1.90. The van der Waals surface area contributed by atoms with Crippen LogP contribution in [0.4, 0.5) is 4.39 Å². The van der Waals surface area contributed by atoms with Crippen molar-refractivity contribution in [1.29, 1.82) is 0 Å². The van der Waals surface area contributed by atoms with E-state index in [1.54, 1.807) is 36.4 Å². The fraction of sp³-hybridized carbons (Fsp3) is 0.160. The fourth-order valence-electron chi connectivity index (χ4n) is 3.96. The van der Waals surface area contributed by atoms with Gasteiger partial charge >= 0.3 is 0 Å². The van der Waals surface area contributed by atoms with Gasteiger partial charge in [0.05, 0.1) is 37.9 Å². The first kappa shape index (κ1) is 22.0. The fourth-order valence-corrected chi connectivity index (χ4v) is 3.96. The van der Waals surface area contributed by atoms with Crippen LogP contribution in [-0.4, -0.2) is 40.9 Å². The average Bonchev–Trinajstić information content (AvgIpc) is 3.09. The number of benzene rings is 2. The molecule has 2 aromatic carbocycles. The summed E-state index contributed by atoms with van der Waals surface area (Å²) in [6, 6.07) is 13.1. The highest BCUT2D eigenvalue weighted by Gasteiger charge is 2.46. The van der Waals surface area contributed by atoms with Crippen LogP contribution < -0.4 is 9.47 Å². The third-order valence-electron chi connectivity index (χ3n) is 5.51. The van der Waals surface area contributed by atoms with Crippen molar-refractivity contribution in [2.45, 2.75) is 12.6 Å². The van der Waals surface area contributed by atoms with Gasteiger partial charge in [0.25, 0.3) is 11.7 Å². The molecule has 1 aliphatic rings. The molecule has 1 amide bonds. The number of halogens is 1. The normalized spacial score (nSPS) is 17.3. The van der Waals surface area contributed by atoms with Crippen molar-refractivity contribution in [2.24, 2.45) is 0 Å². The van der Waals surface area contributed by atoms with Gasteiger partial charge in [0, 0.05) is 18.0 Å². The number of Topliss-reactive ketones (excluding diaryl/α,β-unsaturated/α-hetero) is 1. The second-order valence-electron chi connectivity index (χ2n) is 7.36. The number of hydrogen-bond donors (Lipinski definition) is 1. The van der Waals surface area contributed by atoms with E-state index in [1.807, 2.05) is 0 Å². The summed E-state index contributed by atoms with van der Waals surface area (Å²) in [7, 11) is 2.88. The number of aromatic nitrogens is 1. The molecule has 1 atom stereocenters. The Morgan fingerprint density at radius 1 is 1.03 bits per heavy atom. The highest BCUT2D eigenvalue weighted by Crippen LogP contribution is 2.42. The van der Waals surface area contributed by atoms with E-state index >= 15 is 0 Å². The monoisotopic (exact) mass is 448 g/mol.